The van der Waals surface area contributed by atoms with Crippen LogP contribution >= 0.6 is 23.5 Å². The smallest absolute Gasteiger partial charge is 0.00723 e. The fourth-order valence-corrected chi connectivity index (χ4v) is 6.16. The van der Waals surface area contributed by atoms with Crippen LogP contribution in [0.3, 0.4) is 0 Å². The van der Waals surface area contributed by atoms with Gasteiger partial charge in [0.2, 0.25) is 0 Å². The lowest BCUT2D eigenvalue weighted by molar-refractivity contribution is 0.586. The molecule has 0 fully saturated rings. The predicted molar refractivity (Wildman–Crippen MR) is 159 cm³/mol. The Morgan fingerprint density at radius 1 is 0.382 bits per heavy atom. The van der Waals surface area contributed by atoms with Gasteiger partial charge in [-0.05, 0) is 59.7 Å². The molecule has 0 atom stereocenters. The molecule has 190 valence electrons. The van der Waals surface area contributed by atoms with Crippen molar-refractivity contribution in [1.29, 1.82) is 0 Å². The van der Waals surface area contributed by atoms with Gasteiger partial charge in [0.1, 0.15) is 0 Å². The zero-order valence-electron chi connectivity index (χ0n) is 22.2. The van der Waals surface area contributed by atoms with Crippen LogP contribution in [0, 0.1) is 0 Å². The zero-order chi connectivity index (χ0) is 24.1. The summed E-state index contributed by atoms with van der Waals surface area (Å²) < 4.78 is 0. The number of unbranched alkanes of at least 4 members (excludes halogenated alkanes) is 14. The third kappa shape index (κ3) is 13.9. The first-order valence-corrected chi connectivity index (χ1v) is 16.3. The van der Waals surface area contributed by atoms with Crippen molar-refractivity contribution in [2.24, 2.45) is 0 Å². The van der Waals surface area contributed by atoms with E-state index < -0.39 is 0 Å². The Hall–Kier alpha value is -0.860. The summed E-state index contributed by atoms with van der Waals surface area (Å²) in [6.07, 6.45) is 22.4. The van der Waals surface area contributed by atoms with Gasteiger partial charge in [-0.1, -0.05) is 128 Å². The largest absolute Gasteiger partial charge is 0.126 e. The first-order chi connectivity index (χ1) is 16.8. The lowest BCUT2D eigenvalue weighted by Gasteiger charge is -2.07. The Balaban J connectivity index is 1.57. The molecular formula is C32H50S2. The maximum atomic E-state index is 2.30. The molecule has 0 radical (unpaired) electrons. The molecule has 0 aliphatic carbocycles. The molecule has 0 heterocycles. The second-order valence-corrected chi connectivity index (χ2v) is 12.0. The van der Waals surface area contributed by atoms with Crippen LogP contribution in [0.4, 0.5) is 0 Å². The number of benzene rings is 2. The third-order valence-corrected chi connectivity index (χ3v) is 8.77. The number of hydrogen-bond acceptors (Lipinski definition) is 2. The van der Waals surface area contributed by atoms with Gasteiger partial charge in [-0.2, -0.15) is 0 Å². The van der Waals surface area contributed by atoms with E-state index in [1.165, 1.54) is 135 Å². The molecule has 0 aromatic heterocycles. The van der Waals surface area contributed by atoms with Crippen LogP contribution in [-0.4, -0.2) is 11.5 Å². The summed E-state index contributed by atoms with van der Waals surface area (Å²) in [6.45, 7) is 4.58. The van der Waals surface area contributed by atoms with Crippen LogP contribution in [0.2, 0.25) is 0 Å². The summed E-state index contributed by atoms with van der Waals surface area (Å²) in [7, 11) is 0. The van der Waals surface area contributed by atoms with Gasteiger partial charge in [-0.3, -0.25) is 0 Å². The molecule has 34 heavy (non-hydrogen) atoms. The fraction of sp³-hybridized carbons (Fsp3) is 0.625. The molecule has 0 unspecified atom stereocenters. The fourth-order valence-electron chi connectivity index (χ4n) is 4.34. The summed E-state index contributed by atoms with van der Waals surface area (Å²) in [4.78, 5) is 2.81. The van der Waals surface area contributed by atoms with E-state index in [4.69, 9.17) is 0 Å². The third-order valence-electron chi connectivity index (χ3n) is 6.58. The highest BCUT2D eigenvalue weighted by Gasteiger charge is 2.01. The summed E-state index contributed by atoms with van der Waals surface area (Å²) in [5.74, 6) is 2.50. The van der Waals surface area contributed by atoms with Crippen molar-refractivity contribution < 1.29 is 0 Å². The molecule has 0 aliphatic heterocycles. The van der Waals surface area contributed by atoms with Crippen molar-refractivity contribution in [3.8, 4) is 11.1 Å². The first kappa shape index (κ1) is 29.4. The SMILES string of the molecule is CCCCCCCCCCSc1ccc(-c2ccc(SCCCCCCCCCC)cc2)cc1. The monoisotopic (exact) mass is 498 g/mol. The molecule has 0 aliphatic rings. The average molecular weight is 499 g/mol. The van der Waals surface area contributed by atoms with Crippen LogP contribution in [0.25, 0.3) is 11.1 Å². The summed E-state index contributed by atoms with van der Waals surface area (Å²) in [5, 5.41) is 0. The molecule has 2 aromatic carbocycles. The normalized spacial score (nSPS) is 11.2. The van der Waals surface area contributed by atoms with Crippen molar-refractivity contribution in [3.63, 3.8) is 0 Å². The first-order valence-electron chi connectivity index (χ1n) is 14.3. The minimum absolute atomic E-state index is 1.25. The lowest BCUT2D eigenvalue weighted by Crippen LogP contribution is -1.85. The van der Waals surface area contributed by atoms with E-state index in [0.29, 0.717) is 0 Å². The minimum atomic E-state index is 1.25. The van der Waals surface area contributed by atoms with Crippen LogP contribution < -0.4 is 0 Å². The van der Waals surface area contributed by atoms with E-state index in [9.17, 15) is 0 Å². The van der Waals surface area contributed by atoms with Crippen LogP contribution in [0.15, 0.2) is 58.3 Å². The Morgan fingerprint density at radius 2 is 0.676 bits per heavy atom. The lowest BCUT2D eigenvalue weighted by atomic mass is 10.1. The molecule has 0 spiro atoms. The summed E-state index contributed by atoms with van der Waals surface area (Å²) in [5.41, 5.74) is 2.66. The number of thioether (sulfide) groups is 2. The topological polar surface area (TPSA) is 0 Å². The molecule has 2 heteroatoms. The van der Waals surface area contributed by atoms with E-state index in [-0.39, 0.29) is 0 Å². The molecule has 2 rings (SSSR count). The molecule has 0 nitrogen and oxygen atoms in total. The molecule has 0 saturated carbocycles. The van der Waals surface area contributed by atoms with E-state index in [1.54, 1.807) is 0 Å². The maximum Gasteiger partial charge on any atom is 0.00723 e. The van der Waals surface area contributed by atoms with E-state index in [2.05, 4.69) is 62.4 Å². The molecule has 0 bridgehead atoms. The maximum absolute atomic E-state index is 2.30. The Bertz CT molecular complexity index is 641. The quantitative estimate of drug-likeness (QED) is 0.124. The van der Waals surface area contributed by atoms with Gasteiger partial charge in [-0.25, -0.2) is 0 Å². The zero-order valence-corrected chi connectivity index (χ0v) is 23.8. The van der Waals surface area contributed by atoms with Crippen molar-refractivity contribution in [1.82, 2.24) is 0 Å². The van der Waals surface area contributed by atoms with Crippen molar-refractivity contribution in [3.05, 3.63) is 48.5 Å². The van der Waals surface area contributed by atoms with Crippen LogP contribution in [-0.2, 0) is 0 Å². The standard InChI is InChI=1S/C32H50S2/c1-3-5-7-9-11-13-15-17-27-33-31-23-19-29(20-24-31)30-21-25-32(26-22-30)34-28-18-16-14-12-10-8-6-4-2/h19-26H,3-18,27-28H2,1-2H3. The number of rotatable bonds is 21. The molecule has 0 saturated heterocycles. The molecule has 2 aromatic rings. The summed E-state index contributed by atoms with van der Waals surface area (Å²) >= 11 is 4.03. The van der Waals surface area contributed by atoms with Crippen LogP contribution in [0.1, 0.15) is 117 Å². The van der Waals surface area contributed by atoms with Gasteiger partial charge >= 0.3 is 0 Å². The highest BCUT2D eigenvalue weighted by atomic mass is 32.2. The second kappa shape index (κ2) is 20.3. The van der Waals surface area contributed by atoms with Gasteiger partial charge in [0.05, 0.1) is 0 Å². The Kier molecular flexibility index (Phi) is 17.6. The molecule has 0 N–H and O–H groups in total. The van der Waals surface area contributed by atoms with E-state index >= 15 is 0 Å². The Morgan fingerprint density at radius 3 is 1.00 bits per heavy atom. The predicted octanol–water partition coefficient (Wildman–Crippen LogP) is 11.8. The molecular weight excluding hydrogens is 448 g/mol. The summed E-state index contributed by atoms with van der Waals surface area (Å²) in [6, 6.07) is 18.4. The van der Waals surface area contributed by atoms with Gasteiger partial charge in [0.25, 0.3) is 0 Å². The van der Waals surface area contributed by atoms with Gasteiger partial charge in [-0.15, -0.1) is 23.5 Å². The van der Waals surface area contributed by atoms with E-state index in [1.807, 2.05) is 23.5 Å². The van der Waals surface area contributed by atoms with Gasteiger partial charge in [0.15, 0.2) is 0 Å². The minimum Gasteiger partial charge on any atom is -0.126 e. The average Bonchev–Trinajstić information content (AvgIpc) is 2.87. The van der Waals surface area contributed by atoms with E-state index in [0.717, 1.165) is 0 Å². The highest BCUT2D eigenvalue weighted by molar-refractivity contribution is 7.99. The second-order valence-electron chi connectivity index (χ2n) is 9.70. The molecule has 0 amide bonds. The van der Waals surface area contributed by atoms with Gasteiger partial charge < -0.3 is 0 Å². The Labute approximate surface area is 220 Å². The van der Waals surface area contributed by atoms with Crippen molar-refractivity contribution in [2.75, 3.05) is 11.5 Å². The van der Waals surface area contributed by atoms with Crippen LogP contribution in [0.5, 0.6) is 0 Å². The van der Waals surface area contributed by atoms with Crippen molar-refractivity contribution >= 4 is 23.5 Å². The number of hydrogen-bond donors (Lipinski definition) is 0. The highest BCUT2D eigenvalue weighted by Crippen LogP contribution is 2.28. The van der Waals surface area contributed by atoms with Gasteiger partial charge in [0, 0.05) is 9.79 Å². The van der Waals surface area contributed by atoms with Crippen molar-refractivity contribution in [2.45, 2.75) is 126 Å².